The predicted molar refractivity (Wildman–Crippen MR) is 226 cm³/mol. The van der Waals surface area contributed by atoms with Crippen LogP contribution in [0.5, 0.6) is 5.75 Å². The second-order valence-electron chi connectivity index (χ2n) is 14.8. The van der Waals surface area contributed by atoms with Gasteiger partial charge in [0.2, 0.25) is 0 Å². The molecular formula is C52H39NO2. The fourth-order valence-corrected chi connectivity index (χ4v) is 8.47. The van der Waals surface area contributed by atoms with Crippen molar-refractivity contribution in [3.8, 4) is 39.8 Å². The van der Waals surface area contributed by atoms with Gasteiger partial charge in [-0.3, -0.25) is 0 Å². The number of rotatable bonds is 7. The van der Waals surface area contributed by atoms with Gasteiger partial charge in [-0.1, -0.05) is 139 Å². The molecule has 3 heteroatoms. The average Bonchev–Trinajstić information content (AvgIpc) is 3.50. The number of fused-ring (bicyclic) bond motifs is 6. The Morgan fingerprint density at radius 3 is 2.13 bits per heavy atom. The quantitative estimate of drug-likeness (QED) is 0.154. The largest absolute Gasteiger partial charge is 0.485 e. The van der Waals surface area contributed by atoms with Crippen LogP contribution in [0.25, 0.3) is 39.3 Å². The Morgan fingerprint density at radius 2 is 1.36 bits per heavy atom. The van der Waals surface area contributed by atoms with Crippen LogP contribution < -0.4 is 9.64 Å². The highest BCUT2D eigenvalue weighted by atomic mass is 16.5. The lowest BCUT2D eigenvalue weighted by Crippen LogP contribution is -2.32. The normalized spacial score (nSPS) is 17.7. The van der Waals surface area contributed by atoms with Gasteiger partial charge < -0.3 is 14.1 Å². The third-order valence-electron chi connectivity index (χ3n) is 11.3. The van der Waals surface area contributed by atoms with Crippen molar-refractivity contribution in [1.82, 2.24) is 0 Å². The summed E-state index contributed by atoms with van der Waals surface area (Å²) in [5.41, 5.74) is 13.3. The lowest BCUT2D eigenvalue weighted by molar-refractivity contribution is 0.107. The molecule has 2 aliphatic carbocycles. The number of para-hydroxylation sites is 2. The van der Waals surface area contributed by atoms with Gasteiger partial charge in [-0.2, -0.15) is 0 Å². The van der Waals surface area contributed by atoms with Crippen molar-refractivity contribution < 1.29 is 9.15 Å². The van der Waals surface area contributed by atoms with E-state index in [1.54, 1.807) is 0 Å². The van der Waals surface area contributed by atoms with E-state index in [1.807, 2.05) is 12.2 Å². The summed E-state index contributed by atoms with van der Waals surface area (Å²) in [6.45, 7) is 2.23. The van der Waals surface area contributed by atoms with E-state index in [-0.39, 0.29) is 11.5 Å². The minimum Gasteiger partial charge on any atom is -0.485 e. The molecule has 10 rings (SSSR count). The number of hydrogen-bond donors (Lipinski definition) is 0. The van der Waals surface area contributed by atoms with Crippen LogP contribution in [0.15, 0.2) is 174 Å². The van der Waals surface area contributed by atoms with Gasteiger partial charge in [0.05, 0.1) is 0 Å². The van der Waals surface area contributed by atoms with E-state index in [4.69, 9.17) is 9.15 Å². The Bertz CT molecular complexity index is 2700. The van der Waals surface area contributed by atoms with Gasteiger partial charge in [-0.05, 0) is 84.1 Å². The summed E-state index contributed by atoms with van der Waals surface area (Å²) in [5, 5.41) is 1.13. The highest BCUT2D eigenvalue weighted by Crippen LogP contribution is 2.52. The summed E-state index contributed by atoms with van der Waals surface area (Å²) < 4.78 is 13.3. The van der Waals surface area contributed by atoms with Gasteiger partial charge in [0.1, 0.15) is 22.7 Å². The minimum absolute atomic E-state index is 0.223. The van der Waals surface area contributed by atoms with Crippen LogP contribution >= 0.6 is 0 Å². The number of ether oxygens (including phenoxy) is 1. The molecule has 3 nitrogen and oxygen atoms in total. The van der Waals surface area contributed by atoms with Crippen molar-refractivity contribution in [2.75, 3.05) is 4.90 Å². The van der Waals surface area contributed by atoms with Crippen LogP contribution in [-0.4, -0.2) is 5.60 Å². The van der Waals surface area contributed by atoms with Gasteiger partial charge in [-0.25, -0.2) is 0 Å². The fourth-order valence-electron chi connectivity index (χ4n) is 8.47. The molecule has 55 heavy (non-hydrogen) atoms. The SMILES string of the molecule is CC12CC=CC=CC1c1cccc(-c3ccc(N(c4ccc(Cc5ccccc5)cc4)c4ccc(-c5cccc6c7c(oc56)C=CC#CC7)cc4)cc3)c1O2. The van der Waals surface area contributed by atoms with E-state index < -0.39 is 0 Å². The molecule has 0 radical (unpaired) electrons. The molecule has 0 amide bonds. The number of allylic oxidation sites excluding steroid dienone is 3. The van der Waals surface area contributed by atoms with Crippen LogP contribution in [0.1, 0.15) is 47.3 Å². The summed E-state index contributed by atoms with van der Waals surface area (Å²) in [6.07, 6.45) is 15.1. The minimum atomic E-state index is -0.287. The monoisotopic (exact) mass is 709 g/mol. The third-order valence-corrected chi connectivity index (χ3v) is 11.3. The molecule has 0 saturated heterocycles. The molecule has 6 aromatic carbocycles. The molecule has 0 fully saturated rings. The number of anilines is 3. The molecule has 264 valence electrons. The van der Waals surface area contributed by atoms with E-state index in [0.29, 0.717) is 6.42 Å². The molecule has 2 atom stereocenters. The average molecular weight is 710 g/mol. The number of hydrogen-bond acceptors (Lipinski definition) is 3. The summed E-state index contributed by atoms with van der Waals surface area (Å²) in [6, 6.07) is 50.3. The molecule has 1 aromatic heterocycles. The number of benzene rings is 6. The zero-order chi connectivity index (χ0) is 36.8. The maximum absolute atomic E-state index is 6.81. The molecule has 0 bridgehead atoms. The molecule has 1 aliphatic heterocycles. The van der Waals surface area contributed by atoms with Crippen LogP contribution in [0.4, 0.5) is 17.1 Å². The summed E-state index contributed by atoms with van der Waals surface area (Å²) in [4.78, 5) is 2.33. The summed E-state index contributed by atoms with van der Waals surface area (Å²) >= 11 is 0. The van der Waals surface area contributed by atoms with Gasteiger partial charge in [-0.15, -0.1) is 0 Å². The highest BCUT2D eigenvalue weighted by molar-refractivity contribution is 5.97. The van der Waals surface area contributed by atoms with Crippen molar-refractivity contribution in [3.05, 3.63) is 198 Å². The van der Waals surface area contributed by atoms with E-state index in [0.717, 1.165) is 80.2 Å². The van der Waals surface area contributed by atoms with E-state index >= 15 is 0 Å². The van der Waals surface area contributed by atoms with Crippen LogP contribution in [0, 0.1) is 11.8 Å². The lowest BCUT2D eigenvalue weighted by Gasteiger charge is -2.27. The topological polar surface area (TPSA) is 25.6 Å². The van der Waals surface area contributed by atoms with Crippen LogP contribution in [-0.2, 0) is 12.8 Å². The predicted octanol–water partition coefficient (Wildman–Crippen LogP) is 13.2. The zero-order valence-corrected chi connectivity index (χ0v) is 30.7. The van der Waals surface area contributed by atoms with Crippen molar-refractivity contribution in [1.29, 1.82) is 0 Å². The molecule has 3 aliphatic rings. The first-order chi connectivity index (χ1) is 27.1. The Hall–Kier alpha value is -6.76. The van der Waals surface area contributed by atoms with Crippen molar-refractivity contribution in [3.63, 3.8) is 0 Å². The maximum Gasteiger partial charge on any atom is 0.142 e. The van der Waals surface area contributed by atoms with E-state index in [1.165, 1.54) is 16.7 Å². The van der Waals surface area contributed by atoms with Gasteiger partial charge >= 0.3 is 0 Å². The Morgan fingerprint density at radius 1 is 0.691 bits per heavy atom. The molecular weight excluding hydrogens is 671 g/mol. The lowest BCUT2D eigenvalue weighted by atomic mass is 9.83. The van der Waals surface area contributed by atoms with E-state index in [9.17, 15) is 0 Å². The number of nitrogens with zero attached hydrogens (tertiary/aromatic N) is 1. The second kappa shape index (κ2) is 13.6. The first-order valence-corrected chi connectivity index (χ1v) is 19.1. The smallest absolute Gasteiger partial charge is 0.142 e. The zero-order valence-electron chi connectivity index (χ0n) is 30.7. The van der Waals surface area contributed by atoms with Crippen LogP contribution in [0.2, 0.25) is 0 Å². The van der Waals surface area contributed by atoms with Gasteiger partial charge in [0.25, 0.3) is 0 Å². The van der Waals surface area contributed by atoms with Crippen LogP contribution in [0.3, 0.4) is 0 Å². The number of furan rings is 1. The van der Waals surface area contributed by atoms with E-state index in [2.05, 4.69) is 187 Å². The van der Waals surface area contributed by atoms with Crippen molar-refractivity contribution in [2.24, 2.45) is 0 Å². The van der Waals surface area contributed by atoms with Gasteiger partial charge in [0.15, 0.2) is 0 Å². The molecule has 2 unspecified atom stereocenters. The van der Waals surface area contributed by atoms with Crippen molar-refractivity contribution in [2.45, 2.75) is 37.7 Å². The summed E-state index contributed by atoms with van der Waals surface area (Å²) in [5.74, 6) is 8.41. The third kappa shape index (κ3) is 5.97. The maximum atomic E-state index is 6.81. The molecule has 0 spiro atoms. The Labute approximate surface area is 322 Å². The summed E-state index contributed by atoms with van der Waals surface area (Å²) in [7, 11) is 0. The first-order valence-electron chi connectivity index (χ1n) is 19.1. The fraction of sp³-hybridized carbons (Fsp3) is 0.115. The van der Waals surface area contributed by atoms with Crippen molar-refractivity contribution >= 4 is 34.1 Å². The second-order valence-corrected chi connectivity index (χ2v) is 14.8. The first kappa shape index (κ1) is 32.9. The molecule has 0 saturated carbocycles. The Balaban J connectivity index is 1.01. The standard InChI is InChI=1S/C52H39NO2/c1-52-34-10-4-8-20-48(52)47-19-12-17-44(51(47)55-52)39-26-32-42(33-27-39)53(40-28-22-37(23-29-40)35-36-13-5-2-6-14-36)41-30-24-38(25-31-41)43-16-11-18-46-45-15-7-3-9-21-49(45)54-50(43)46/h2,4-6,8-14,16-33,48H,15,34-35H2,1H3. The van der Waals surface area contributed by atoms with Gasteiger partial charge in [0, 0.05) is 63.5 Å². The molecule has 0 N–H and O–H groups in total. The Kier molecular flexibility index (Phi) is 8.11. The molecule has 7 aromatic rings. The molecule has 2 heterocycles. The highest BCUT2D eigenvalue weighted by Gasteiger charge is 2.44.